The average molecular weight is 750 g/mol. The number of hydrogen-bond donors (Lipinski definition) is 4. The van der Waals surface area contributed by atoms with Crippen molar-refractivity contribution < 1.29 is 33.8 Å². The third kappa shape index (κ3) is 17.0. The largest absolute Gasteiger partial charge is 0.480 e. The molecule has 1 aliphatic rings. The van der Waals surface area contributed by atoms with Crippen LogP contribution in [0.1, 0.15) is 141 Å². The lowest BCUT2D eigenvalue weighted by Gasteiger charge is -2.18. The summed E-state index contributed by atoms with van der Waals surface area (Å²) in [7, 11) is 0. The highest BCUT2D eigenvalue weighted by Crippen LogP contribution is 2.44. The quantitative estimate of drug-likeness (QED) is 0.0609. The molecule has 3 atom stereocenters. The van der Waals surface area contributed by atoms with Gasteiger partial charge in [-0.1, -0.05) is 146 Å². The first kappa shape index (κ1) is 44.5. The zero-order chi connectivity index (χ0) is 39.0. The first-order chi connectivity index (χ1) is 26.2. The number of ether oxygens (including phenoxy) is 2. The van der Waals surface area contributed by atoms with Crippen molar-refractivity contribution in [3.8, 4) is 11.1 Å². The van der Waals surface area contributed by atoms with Crippen LogP contribution in [0.25, 0.3) is 11.1 Å². The van der Waals surface area contributed by atoms with E-state index in [1.54, 1.807) is 0 Å². The van der Waals surface area contributed by atoms with Crippen LogP contribution in [-0.4, -0.2) is 67.9 Å². The summed E-state index contributed by atoms with van der Waals surface area (Å²) >= 11 is 0. The van der Waals surface area contributed by atoms with E-state index < -0.39 is 18.1 Å². The van der Waals surface area contributed by atoms with Crippen LogP contribution in [0.5, 0.6) is 0 Å². The predicted octanol–water partition coefficient (Wildman–Crippen LogP) is 8.76. The highest BCUT2D eigenvalue weighted by molar-refractivity contribution is 5.82. The second-order valence-corrected chi connectivity index (χ2v) is 15.2. The van der Waals surface area contributed by atoms with Gasteiger partial charge in [-0.2, -0.15) is 0 Å². The van der Waals surface area contributed by atoms with Crippen LogP contribution < -0.4 is 16.0 Å². The van der Waals surface area contributed by atoms with Gasteiger partial charge in [0, 0.05) is 31.8 Å². The van der Waals surface area contributed by atoms with Crippen LogP contribution in [0.4, 0.5) is 4.79 Å². The molecule has 0 fully saturated rings. The van der Waals surface area contributed by atoms with E-state index in [1.807, 2.05) is 62.4 Å². The van der Waals surface area contributed by atoms with Gasteiger partial charge < -0.3 is 30.5 Å². The van der Waals surface area contributed by atoms with Gasteiger partial charge in [-0.05, 0) is 46.9 Å². The Hall–Kier alpha value is -3.92. The molecule has 0 radical (unpaired) electrons. The van der Waals surface area contributed by atoms with Gasteiger partial charge in [0.25, 0.3) is 0 Å². The fourth-order valence-electron chi connectivity index (χ4n) is 6.96. The topological polar surface area (TPSA) is 143 Å². The van der Waals surface area contributed by atoms with E-state index in [2.05, 4.69) is 22.9 Å². The van der Waals surface area contributed by atoms with Crippen molar-refractivity contribution in [1.82, 2.24) is 16.0 Å². The van der Waals surface area contributed by atoms with E-state index >= 15 is 0 Å². The highest BCUT2D eigenvalue weighted by Gasteiger charge is 2.30. The van der Waals surface area contributed by atoms with Crippen LogP contribution >= 0.6 is 0 Å². The van der Waals surface area contributed by atoms with Crippen molar-refractivity contribution in [3.05, 3.63) is 59.7 Å². The van der Waals surface area contributed by atoms with Gasteiger partial charge in [0.2, 0.25) is 11.8 Å². The zero-order valence-electron chi connectivity index (χ0n) is 33.2. The number of aliphatic carboxylic acids is 1. The molecule has 3 rings (SSSR count). The second-order valence-electron chi connectivity index (χ2n) is 15.2. The van der Waals surface area contributed by atoms with E-state index in [9.17, 15) is 24.3 Å². The fourth-order valence-corrected chi connectivity index (χ4v) is 6.96. The summed E-state index contributed by atoms with van der Waals surface area (Å²) in [6.07, 6.45) is 16.3. The lowest BCUT2D eigenvalue weighted by Crippen LogP contribution is -2.42. The number of unbranched alkanes of at least 4 members (excludes halogenated alkanes) is 12. The molecule has 10 nitrogen and oxygen atoms in total. The van der Waals surface area contributed by atoms with Crippen LogP contribution in [0.15, 0.2) is 48.5 Å². The zero-order valence-corrected chi connectivity index (χ0v) is 33.2. The third-order valence-corrected chi connectivity index (χ3v) is 10.2. The maximum atomic E-state index is 12.6. The van der Waals surface area contributed by atoms with Crippen molar-refractivity contribution >= 4 is 23.9 Å². The van der Waals surface area contributed by atoms with Gasteiger partial charge in [0.05, 0.1) is 13.2 Å². The van der Waals surface area contributed by atoms with Gasteiger partial charge in [0.1, 0.15) is 12.6 Å². The van der Waals surface area contributed by atoms with E-state index in [0.717, 1.165) is 35.1 Å². The smallest absolute Gasteiger partial charge is 0.407 e. The fraction of sp³-hybridized carbons (Fsp3) is 0.636. The van der Waals surface area contributed by atoms with Gasteiger partial charge in [-0.15, -0.1) is 0 Å². The number of benzene rings is 2. The summed E-state index contributed by atoms with van der Waals surface area (Å²) in [5, 5.41) is 17.9. The Kier molecular flexibility index (Phi) is 21.4. The summed E-state index contributed by atoms with van der Waals surface area (Å²) in [4.78, 5) is 49.2. The molecule has 0 aliphatic heterocycles. The predicted molar refractivity (Wildman–Crippen MR) is 214 cm³/mol. The minimum atomic E-state index is -1.26. The van der Waals surface area contributed by atoms with Gasteiger partial charge >= 0.3 is 12.1 Å². The molecule has 10 heteroatoms. The summed E-state index contributed by atoms with van der Waals surface area (Å²) in [6.45, 7) is 8.21. The Balaban J connectivity index is 1.18. The van der Waals surface area contributed by atoms with Gasteiger partial charge in [0.15, 0.2) is 0 Å². The van der Waals surface area contributed by atoms with E-state index in [1.165, 1.54) is 70.6 Å². The molecule has 0 saturated heterocycles. The first-order valence-corrected chi connectivity index (χ1v) is 20.6. The number of rotatable bonds is 29. The molecule has 300 valence electrons. The average Bonchev–Trinajstić information content (AvgIpc) is 3.49. The molecule has 1 aliphatic carbocycles. The number of carbonyl (C=O) groups is 4. The number of fused-ring (bicyclic) bond motifs is 3. The normalized spacial score (nSPS) is 13.7. The molecule has 2 aromatic rings. The van der Waals surface area contributed by atoms with E-state index in [4.69, 9.17) is 9.47 Å². The molecule has 0 saturated carbocycles. The molecule has 2 aromatic carbocycles. The number of carboxylic acid groups (broad SMARTS) is 1. The third-order valence-electron chi connectivity index (χ3n) is 10.2. The molecule has 4 N–H and O–H groups in total. The molecule has 0 spiro atoms. The van der Waals surface area contributed by atoms with Crippen molar-refractivity contribution in [2.24, 2.45) is 11.8 Å². The number of carboxylic acids is 1. The van der Waals surface area contributed by atoms with E-state index in [0.29, 0.717) is 32.7 Å². The molecule has 2 unspecified atom stereocenters. The second kappa shape index (κ2) is 26.0. The number of nitrogens with one attached hydrogen (secondary N) is 3. The van der Waals surface area contributed by atoms with Crippen molar-refractivity contribution in [3.63, 3.8) is 0 Å². The number of alkyl carbamates (subject to hydrolysis) is 1. The van der Waals surface area contributed by atoms with Crippen molar-refractivity contribution in [2.75, 3.05) is 32.9 Å². The summed E-state index contributed by atoms with van der Waals surface area (Å²) < 4.78 is 11.3. The first-order valence-electron chi connectivity index (χ1n) is 20.6. The number of amides is 3. The minimum Gasteiger partial charge on any atom is -0.480 e. The maximum Gasteiger partial charge on any atom is 0.407 e. The van der Waals surface area contributed by atoms with E-state index in [-0.39, 0.29) is 49.0 Å². The maximum absolute atomic E-state index is 12.6. The Morgan fingerprint density at radius 2 is 1.13 bits per heavy atom. The molecular formula is C44H67N3O7. The van der Waals surface area contributed by atoms with Crippen LogP contribution in [-0.2, 0) is 23.9 Å². The van der Waals surface area contributed by atoms with Gasteiger partial charge in [-0.25, -0.2) is 9.59 Å². The molecule has 0 heterocycles. The van der Waals surface area contributed by atoms with Crippen molar-refractivity contribution in [2.45, 2.75) is 135 Å². The van der Waals surface area contributed by atoms with Crippen LogP contribution in [0.3, 0.4) is 0 Å². The Bertz CT molecular complexity index is 1370. The highest BCUT2D eigenvalue weighted by atomic mass is 16.5. The SMILES string of the molecule is CCCCCCCCCCCCCCCC(=O)NCC(C)COCC(C)CNC(=O)CC[C@H](NC(=O)OCC1c2ccccc2-c2ccccc21)C(=O)O. The molecule has 0 bridgehead atoms. The molecule has 54 heavy (non-hydrogen) atoms. The molecular weight excluding hydrogens is 682 g/mol. The summed E-state index contributed by atoms with van der Waals surface area (Å²) in [6, 6.07) is 14.7. The van der Waals surface area contributed by atoms with Crippen LogP contribution in [0.2, 0.25) is 0 Å². The molecule has 3 amide bonds. The Morgan fingerprint density at radius 3 is 1.63 bits per heavy atom. The molecule has 0 aromatic heterocycles. The summed E-state index contributed by atoms with van der Waals surface area (Å²) in [5.41, 5.74) is 4.32. The minimum absolute atomic E-state index is 0.0421. The lowest BCUT2D eigenvalue weighted by atomic mass is 9.98. The van der Waals surface area contributed by atoms with Crippen molar-refractivity contribution in [1.29, 1.82) is 0 Å². The van der Waals surface area contributed by atoms with Gasteiger partial charge in [-0.3, -0.25) is 9.59 Å². The van der Waals surface area contributed by atoms with Crippen LogP contribution in [0, 0.1) is 11.8 Å². The number of carbonyl (C=O) groups excluding carboxylic acids is 3. The number of hydrogen-bond acceptors (Lipinski definition) is 6. The monoisotopic (exact) mass is 749 g/mol. The summed E-state index contributed by atoms with van der Waals surface area (Å²) in [5.74, 6) is -1.37. The lowest BCUT2D eigenvalue weighted by molar-refractivity contribution is -0.139. The Morgan fingerprint density at radius 1 is 0.667 bits per heavy atom. The Labute approximate surface area is 323 Å². The standard InChI is InChI=1S/C44H67N3O7/c1-4-5-6-7-8-9-10-11-12-13-14-15-16-25-41(48)45-28-33(2)30-53-31-34(3)29-46-42(49)27-26-40(43(50)51)47-44(52)54-32-39-37-23-19-17-21-35(37)36-22-18-20-24-38(36)39/h17-24,33-34,39-40H,4-16,25-32H2,1-3H3,(H,45,48)(H,46,49)(H,47,52)(H,50,51)/t33?,34?,40-/m0/s1.